The SMILES string of the molecule is COc1cc(Cl)c(Cl)c(OCCl)c1O. The number of halogens is 3. The minimum atomic E-state index is -0.220. The molecule has 0 unspecified atom stereocenters. The summed E-state index contributed by atoms with van der Waals surface area (Å²) < 4.78 is 9.76. The van der Waals surface area contributed by atoms with Crippen LogP contribution in [0.15, 0.2) is 6.07 Å². The Hall–Kier alpha value is -0.510. The Balaban J connectivity index is 3.29. The fraction of sp³-hybridized carbons (Fsp3) is 0.250. The van der Waals surface area contributed by atoms with E-state index in [2.05, 4.69) is 0 Å². The molecule has 0 bridgehead atoms. The normalized spacial score (nSPS) is 10.0. The number of alkyl halides is 1. The summed E-state index contributed by atoms with van der Waals surface area (Å²) >= 11 is 16.9. The monoisotopic (exact) mass is 256 g/mol. The first kappa shape index (κ1) is 11.6. The van der Waals surface area contributed by atoms with E-state index in [-0.39, 0.29) is 33.4 Å². The Morgan fingerprint density at radius 2 is 2.07 bits per heavy atom. The number of aromatic hydroxyl groups is 1. The third kappa shape index (κ3) is 2.11. The first-order valence-corrected chi connectivity index (χ1v) is 4.84. The molecule has 0 amide bonds. The molecule has 1 aromatic rings. The zero-order chi connectivity index (χ0) is 10.7. The molecule has 78 valence electrons. The van der Waals surface area contributed by atoms with Gasteiger partial charge in [0.1, 0.15) is 5.02 Å². The predicted molar refractivity (Wildman–Crippen MR) is 56.0 cm³/mol. The highest BCUT2D eigenvalue weighted by Crippen LogP contribution is 2.45. The minimum absolute atomic E-state index is 0.0195. The van der Waals surface area contributed by atoms with Gasteiger partial charge in [-0.05, 0) is 0 Å². The van der Waals surface area contributed by atoms with Crippen LogP contribution in [0.1, 0.15) is 0 Å². The maximum Gasteiger partial charge on any atom is 0.202 e. The zero-order valence-electron chi connectivity index (χ0n) is 7.18. The number of methoxy groups -OCH3 is 1. The van der Waals surface area contributed by atoms with Crippen molar-refractivity contribution >= 4 is 34.8 Å². The van der Waals surface area contributed by atoms with Crippen LogP contribution in [0, 0.1) is 0 Å². The molecular weight excluding hydrogens is 250 g/mol. The van der Waals surface area contributed by atoms with Gasteiger partial charge in [0.15, 0.2) is 17.6 Å². The maximum absolute atomic E-state index is 9.57. The fourth-order valence-corrected chi connectivity index (χ4v) is 1.41. The van der Waals surface area contributed by atoms with E-state index in [1.54, 1.807) is 0 Å². The summed E-state index contributed by atoms with van der Waals surface area (Å²) in [6, 6.07) is 1.25. The van der Waals surface area contributed by atoms with E-state index in [0.29, 0.717) is 0 Å². The molecule has 0 fully saturated rings. The number of phenolic OH excluding ortho intramolecular Hbond substituents is 1. The Labute approximate surface area is 96.1 Å². The maximum atomic E-state index is 9.57. The number of phenols is 1. The third-order valence-electron chi connectivity index (χ3n) is 1.53. The molecule has 0 heterocycles. The molecule has 0 aromatic heterocycles. The highest BCUT2D eigenvalue weighted by atomic mass is 35.5. The van der Waals surface area contributed by atoms with Crippen molar-refractivity contribution in [2.75, 3.05) is 13.2 Å². The lowest BCUT2D eigenvalue weighted by Crippen LogP contribution is -1.93. The lowest BCUT2D eigenvalue weighted by molar-refractivity contribution is 0.330. The average molecular weight is 258 g/mol. The van der Waals surface area contributed by atoms with Crippen LogP contribution in [0.25, 0.3) is 0 Å². The quantitative estimate of drug-likeness (QED) is 0.845. The fourth-order valence-electron chi connectivity index (χ4n) is 0.913. The van der Waals surface area contributed by atoms with Crippen LogP contribution in [-0.4, -0.2) is 18.3 Å². The molecule has 6 heteroatoms. The molecule has 0 aliphatic heterocycles. The first-order chi connectivity index (χ1) is 6.61. The van der Waals surface area contributed by atoms with Crippen molar-refractivity contribution in [3.63, 3.8) is 0 Å². The molecule has 1 rings (SSSR count). The van der Waals surface area contributed by atoms with E-state index in [9.17, 15) is 5.11 Å². The average Bonchev–Trinajstić information content (AvgIpc) is 2.18. The van der Waals surface area contributed by atoms with Crippen LogP contribution in [0.4, 0.5) is 0 Å². The van der Waals surface area contributed by atoms with Gasteiger partial charge in [-0.15, -0.1) is 0 Å². The van der Waals surface area contributed by atoms with Crippen LogP contribution in [0.3, 0.4) is 0 Å². The van der Waals surface area contributed by atoms with Gasteiger partial charge >= 0.3 is 0 Å². The highest BCUT2D eigenvalue weighted by Gasteiger charge is 2.17. The van der Waals surface area contributed by atoms with Crippen molar-refractivity contribution in [1.82, 2.24) is 0 Å². The summed E-state index contributed by atoms with van der Waals surface area (Å²) in [5.74, 6) is -0.0203. The van der Waals surface area contributed by atoms with Crippen molar-refractivity contribution in [1.29, 1.82) is 0 Å². The standard InChI is InChI=1S/C8H7Cl3O3/c1-13-5-2-4(10)6(11)8(7(5)12)14-3-9/h2,12H,3H2,1H3. The van der Waals surface area contributed by atoms with E-state index in [0.717, 1.165) is 0 Å². The summed E-state index contributed by atoms with van der Waals surface area (Å²) in [4.78, 5) is 0. The second kappa shape index (κ2) is 4.82. The molecule has 14 heavy (non-hydrogen) atoms. The summed E-state index contributed by atoms with van der Waals surface area (Å²) in [5.41, 5.74) is 0. The van der Waals surface area contributed by atoms with Gasteiger partial charge in [0.05, 0.1) is 12.1 Å². The van der Waals surface area contributed by atoms with E-state index in [1.807, 2.05) is 0 Å². The number of hydrogen-bond acceptors (Lipinski definition) is 3. The molecular formula is C8H7Cl3O3. The Bertz CT molecular complexity index is 341. The van der Waals surface area contributed by atoms with Crippen LogP contribution < -0.4 is 9.47 Å². The van der Waals surface area contributed by atoms with E-state index in [4.69, 9.17) is 44.3 Å². The first-order valence-electron chi connectivity index (χ1n) is 3.55. The van der Waals surface area contributed by atoms with Gasteiger partial charge in [0, 0.05) is 6.07 Å². The number of hydrogen-bond donors (Lipinski definition) is 1. The van der Waals surface area contributed by atoms with Crippen LogP contribution in [0.2, 0.25) is 10.0 Å². The van der Waals surface area contributed by atoms with Crippen molar-refractivity contribution in [2.24, 2.45) is 0 Å². The second-order valence-corrected chi connectivity index (χ2v) is 3.31. The lowest BCUT2D eigenvalue weighted by atomic mass is 10.3. The largest absolute Gasteiger partial charge is 0.502 e. The molecule has 0 saturated carbocycles. The molecule has 0 aliphatic rings. The summed E-state index contributed by atoms with van der Waals surface area (Å²) in [6.45, 7) is 0. The van der Waals surface area contributed by atoms with Gasteiger partial charge in [0.2, 0.25) is 5.75 Å². The third-order valence-corrected chi connectivity index (χ3v) is 2.41. The molecule has 0 atom stereocenters. The van der Waals surface area contributed by atoms with Gasteiger partial charge in [-0.2, -0.15) is 0 Å². The molecule has 3 nitrogen and oxygen atoms in total. The number of rotatable bonds is 3. The van der Waals surface area contributed by atoms with E-state index < -0.39 is 0 Å². The van der Waals surface area contributed by atoms with E-state index >= 15 is 0 Å². The zero-order valence-corrected chi connectivity index (χ0v) is 9.45. The Morgan fingerprint density at radius 3 is 2.57 bits per heavy atom. The van der Waals surface area contributed by atoms with Gasteiger partial charge in [-0.25, -0.2) is 0 Å². The van der Waals surface area contributed by atoms with Gasteiger partial charge in [-0.3, -0.25) is 0 Å². The van der Waals surface area contributed by atoms with Crippen molar-refractivity contribution in [3.8, 4) is 17.2 Å². The molecule has 0 saturated heterocycles. The summed E-state index contributed by atoms with van der Waals surface area (Å²) in [7, 11) is 1.39. The van der Waals surface area contributed by atoms with E-state index in [1.165, 1.54) is 13.2 Å². The van der Waals surface area contributed by atoms with Gasteiger partial charge in [0.25, 0.3) is 0 Å². The molecule has 1 aromatic carbocycles. The predicted octanol–water partition coefficient (Wildman–Crippen LogP) is 3.28. The van der Waals surface area contributed by atoms with Crippen LogP contribution in [0.5, 0.6) is 17.2 Å². The van der Waals surface area contributed by atoms with Crippen LogP contribution >= 0.6 is 34.8 Å². The van der Waals surface area contributed by atoms with Crippen molar-refractivity contribution in [2.45, 2.75) is 0 Å². The second-order valence-electron chi connectivity index (χ2n) is 2.31. The van der Waals surface area contributed by atoms with Crippen LogP contribution in [-0.2, 0) is 0 Å². The van der Waals surface area contributed by atoms with Gasteiger partial charge in [-0.1, -0.05) is 34.8 Å². The number of ether oxygens (including phenoxy) is 2. The Kier molecular flexibility index (Phi) is 3.98. The lowest BCUT2D eigenvalue weighted by Gasteiger charge is -2.11. The highest BCUT2D eigenvalue weighted by molar-refractivity contribution is 6.43. The molecule has 0 radical (unpaired) electrons. The molecule has 1 N–H and O–H groups in total. The summed E-state index contributed by atoms with van der Waals surface area (Å²) in [6.07, 6.45) is 0. The smallest absolute Gasteiger partial charge is 0.202 e. The minimum Gasteiger partial charge on any atom is -0.502 e. The summed E-state index contributed by atoms with van der Waals surface area (Å²) in [5, 5.41) is 9.90. The van der Waals surface area contributed by atoms with Gasteiger partial charge < -0.3 is 14.6 Å². The molecule has 0 aliphatic carbocycles. The topological polar surface area (TPSA) is 38.7 Å². The number of benzene rings is 1. The Morgan fingerprint density at radius 1 is 1.43 bits per heavy atom. The van der Waals surface area contributed by atoms with Crippen molar-refractivity contribution in [3.05, 3.63) is 16.1 Å². The van der Waals surface area contributed by atoms with Crippen molar-refractivity contribution < 1.29 is 14.6 Å². The molecule has 0 spiro atoms.